The highest BCUT2D eigenvalue weighted by Gasteiger charge is 2.29. The van der Waals surface area contributed by atoms with Gasteiger partial charge in [0.05, 0.1) is 7.11 Å². The number of hydrogen-bond donors (Lipinski definition) is 2. The fourth-order valence-electron chi connectivity index (χ4n) is 2.49. The highest BCUT2D eigenvalue weighted by Crippen LogP contribution is 2.31. The van der Waals surface area contributed by atoms with Crippen molar-refractivity contribution < 1.29 is 19.1 Å². The lowest BCUT2D eigenvalue weighted by Gasteiger charge is -2.14. The average molecular weight is 354 g/mol. The number of nitrogens with one attached hydrogen (secondary N) is 2. The summed E-state index contributed by atoms with van der Waals surface area (Å²) < 4.78 is 10.6. The smallest absolute Gasteiger partial charge is 0.262 e. The molecule has 0 aliphatic heterocycles. The van der Waals surface area contributed by atoms with Gasteiger partial charge in [-0.1, -0.05) is 6.07 Å². The van der Waals surface area contributed by atoms with Gasteiger partial charge in [0.2, 0.25) is 5.91 Å². The summed E-state index contributed by atoms with van der Waals surface area (Å²) in [6, 6.07) is 12.4. The molecule has 1 aliphatic carbocycles. The van der Waals surface area contributed by atoms with Gasteiger partial charge in [0.25, 0.3) is 5.91 Å². The predicted octanol–water partition coefficient (Wildman–Crippen LogP) is 3.37. The number of anilines is 2. The molecular formula is C20H22N2O4. The SMILES string of the molecule is COc1ccc(OCC(=O)Nc2cccc(NC(=O)C3CC3)c2C)cc1. The maximum Gasteiger partial charge on any atom is 0.262 e. The first-order valence-corrected chi connectivity index (χ1v) is 8.54. The van der Waals surface area contributed by atoms with Gasteiger partial charge >= 0.3 is 0 Å². The number of amides is 2. The lowest BCUT2D eigenvalue weighted by molar-refractivity contribution is -0.118. The van der Waals surface area contributed by atoms with E-state index in [2.05, 4.69) is 10.6 Å². The van der Waals surface area contributed by atoms with Crippen molar-refractivity contribution in [1.82, 2.24) is 0 Å². The number of hydrogen-bond acceptors (Lipinski definition) is 4. The van der Waals surface area contributed by atoms with Gasteiger partial charge in [-0.2, -0.15) is 0 Å². The Morgan fingerprint density at radius 3 is 2.23 bits per heavy atom. The van der Waals surface area contributed by atoms with Crippen LogP contribution in [0.2, 0.25) is 0 Å². The molecule has 1 saturated carbocycles. The van der Waals surface area contributed by atoms with E-state index in [1.165, 1.54) is 0 Å². The second-order valence-corrected chi connectivity index (χ2v) is 6.25. The van der Waals surface area contributed by atoms with Gasteiger partial charge in [0.15, 0.2) is 6.61 Å². The molecule has 0 atom stereocenters. The van der Waals surface area contributed by atoms with Crippen molar-refractivity contribution in [2.45, 2.75) is 19.8 Å². The third kappa shape index (κ3) is 4.53. The largest absolute Gasteiger partial charge is 0.497 e. The minimum absolute atomic E-state index is 0.0411. The molecule has 0 aromatic heterocycles. The van der Waals surface area contributed by atoms with Gasteiger partial charge in [-0.05, 0) is 61.7 Å². The molecule has 6 nitrogen and oxygen atoms in total. The third-order valence-electron chi connectivity index (χ3n) is 4.24. The number of carbonyl (C=O) groups excluding carboxylic acids is 2. The van der Waals surface area contributed by atoms with E-state index in [4.69, 9.17) is 9.47 Å². The predicted molar refractivity (Wildman–Crippen MR) is 99.7 cm³/mol. The van der Waals surface area contributed by atoms with Gasteiger partial charge in [-0.15, -0.1) is 0 Å². The zero-order valence-corrected chi connectivity index (χ0v) is 14.9. The van der Waals surface area contributed by atoms with Crippen molar-refractivity contribution >= 4 is 23.2 Å². The molecule has 1 aliphatic rings. The van der Waals surface area contributed by atoms with Gasteiger partial charge in [0, 0.05) is 17.3 Å². The average Bonchev–Trinajstić information content (AvgIpc) is 3.49. The molecule has 136 valence electrons. The summed E-state index contributed by atoms with van der Waals surface area (Å²) in [6.45, 7) is 1.76. The van der Waals surface area contributed by atoms with Crippen LogP contribution in [0.25, 0.3) is 0 Å². The van der Waals surface area contributed by atoms with E-state index in [1.54, 1.807) is 43.5 Å². The zero-order chi connectivity index (χ0) is 18.5. The summed E-state index contributed by atoms with van der Waals surface area (Å²) in [6.07, 6.45) is 1.90. The molecule has 0 unspecified atom stereocenters. The van der Waals surface area contributed by atoms with Crippen molar-refractivity contribution in [3.8, 4) is 11.5 Å². The van der Waals surface area contributed by atoms with Crippen LogP contribution in [0.1, 0.15) is 18.4 Å². The molecule has 0 spiro atoms. The maximum atomic E-state index is 12.2. The Labute approximate surface area is 152 Å². The molecular weight excluding hydrogens is 332 g/mol. The molecule has 0 heterocycles. The van der Waals surface area contributed by atoms with Crippen molar-refractivity contribution in [3.05, 3.63) is 48.0 Å². The second-order valence-electron chi connectivity index (χ2n) is 6.25. The van der Waals surface area contributed by atoms with E-state index < -0.39 is 0 Å². The molecule has 26 heavy (non-hydrogen) atoms. The van der Waals surface area contributed by atoms with Gasteiger partial charge in [-0.3, -0.25) is 9.59 Å². The van der Waals surface area contributed by atoms with Crippen molar-refractivity contribution in [1.29, 1.82) is 0 Å². The fourth-order valence-corrected chi connectivity index (χ4v) is 2.49. The van der Waals surface area contributed by atoms with Crippen LogP contribution >= 0.6 is 0 Å². The summed E-state index contributed by atoms with van der Waals surface area (Å²) >= 11 is 0. The van der Waals surface area contributed by atoms with E-state index in [0.717, 1.165) is 29.8 Å². The second kappa shape index (κ2) is 7.91. The van der Waals surface area contributed by atoms with Crippen molar-refractivity contribution in [2.24, 2.45) is 5.92 Å². The van der Waals surface area contributed by atoms with Gasteiger partial charge < -0.3 is 20.1 Å². The minimum Gasteiger partial charge on any atom is -0.497 e. The molecule has 2 amide bonds. The van der Waals surface area contributed by atoms with Crippen LogP contribution in [0, 0.1) is 12.8 Å². The van der Waals surface area contributed by atoms with E-state index in [9.17, 15) is 9.59 Å². The van der Waals surface area contributed by atoms with Crippen LogP contribution in [-0.2, 0) is 9.59 Å². The number of carbonyl (C=O) groups is 2. The fraction of sp³-hybridized carbons (Fsp3) is 0.300. The number of rotatable bonds is 7. The lowest BCUT2D eigenvalue weighted by atomic mass is 10.1. The summed E-state index contributed by atoms with van der Waals surface area (Å²) in [7, 11) is 1.59. The molecule has 2 aromatic carbocycles. The first-order chi connectivity index (χ1) is 12.6. The first-order valence-electron chi connectivity index (χ1n) is 8.54. The normalized spacial score (nSPS) is 13.0. The standard InChI is InChI=1S/C20H22N2O4/c1-13-17(4-3-5-18(13)22-20(24)14-6-7-14)21-19(23)12-26-16-10-8-15(25-2)9-11-16/h3-5,8-11,14H,6-7,12H2,1-2H3,(H,21,23)(H,22,24). The number of methoxy groups -OCH3 is 1. The topological polar surface area (TPSA) is 76.7 Å². The minimum atomic E-state index is -0.269. The van der Waals surface area contributed by atoms with Crippen LogP contribution in [0.15, 0.2) is 42.5 Å². The lowest BCUT2D eigenvalue weighted by Crippen LogP contribution is -2.21. The molecule has 2 N–H and O–H groups in total. The van der Waals surface area contributed by atoms with Crippen LogP contribution in [-0.4, -0.2) is 25.5 Å². The number of benzene rings is 2. The van der Waals surface area contributed by atoms with Gasteiger partial charge in [0.1, 0.15) is 11.5 Å². The monoisotopic (exact) mass is 354 g/mol. The van der Waals surface area contributed by atoms with Crippen LogP contribution in [0.3, 0.4) is 0 Å². The van der Waals surface area contributed by atoms with Crippen molar-refractivity contribution in [3.63, 3.8) is 0 Å². The Morgan fingerprint density at radius 1 is 1.00 bits per heavy atom. The molecule has 0 radical (unpaired) electrons. The Hall–Kier alpha value is -3.02. The third-order valence-corrected chi connectivity index (χ3v) is 4.24. The summed E-state index contributed by atoms with van der Waals surface area (Å²) in [4.78, 5) is 24.1. The van der Waals surface area contributed by atoms with Gasteiger partial charge in [-0.25, -0.2) is 0 Å². The Kier molecular flexibility index (Phi) is 5.41. The number of ether oxygens (including phenoxy) is 2. The van der Waals surface area contributed by atoms with E-state index >= 15 is 0 Å². The molecule has 1 fully saturated rings. The van der Waals surface area contributed by atoms with Crippen LogP contribution in [0.4, 0.5) is 11.4 Å². The first kappa shape index (κ1) is 17.8. The molecule has 2 aromatic rings. The molecule has 0 saturated heterocycles. The quantitative estimate of drug-likeness (QED) is 0.799. The summed E-state index contributed by atoms with van der Waals surface area (Å²) in [5.74, 6) is 1.21. The Bertz CT molecular complexity index is 798. The molecule has 0 bridgehead atoms. The van der Waals surface area contributed by atoms with Crippen LogP contribution < -0.4 is 20.1 Å². The van der Waals surface area contributed by atoms with E-state index in [-0.39, 0.29) is 24.3 Å². The molecule has 3 rings (SSSR count). The molecule has 6 heteroatoms. The Balaban J connectivity index is 1.57. The summed E-state index contributed by atoms with van der Waals surface area (Å²) in [5, 5.41) is 5.74. The summed E-state index contributed by atoms with van der Waals surface area (Å²) in [5.41, 5.74) is 2.19. The Morgan fingerprint density at radius 2 is 1.62 bits per heavy atom. The van der Waals surface area contributed by atoms with Crippen molar-refractivity contribution in [2.75, 3.05) is 24.4 Å². The zero-order valence-electron chi connectivity index (χ0n) is 14.9. The van der Waals surface area contributed by atoms with E-state index in [1.807, 2.05) is 13.0 Å². The van der Waals surface area contributed by atoms with E-state index in [0.29, 0.717) is 11.4 Å². The van der Waals surface area contributed by atoms with Crippen LogP contribution in [0.5, 0.6) is 11.5 Å². The maximum absolute atomic E-state index is 12.2. The highest BCUT2D eigenvalue weighted by molar-refractivity contribution is 5.97. The highest BCUT2D eigenvalue weighted by atomic mass is 16.5.